The highest BCUT2D eigenvalue weighted by molar-refractivity contribution is 6.25. The van der Waals surface area contributed by atoms with Gasteiger partial charge in [0.15, 0.2) is 11.6 Å². The summed E-state index contributed by atoms with van der Waals surface area (Å²) in [5.74, 6) is -1.65. The van der Waals surface area contributed by atoms with Crippen LogP contribution in [0.15, 0.2) is 23.2 Å². The van der Waals surface area contributed by atoms with Crippen molar-refractivity contribution in [3.8, 4) is 17.2 Å². The minimum absolute atomic E-state index is 0.0898. The number of phenolic OH excluding ortho intramolecular Hbond substituents is 2. The number of hydrogen-bond acceptors (Lipinski definition) is 6. The third-order valence-electron chi connectivity index (χ3n) is 4.85. The Morgan fingerprint density at radius 3 is 2.42 bits per heavy atom. The number of carbonyl (C=O) groups excluding carboxylic acids is 2. The maximum Gasteiger partial charge on any atom is 0.188 e. The SMILES string of the molecule is CCc1c(O)c(C)c(O)c2c1OC1=CC(O)=C(C(C)=O)C(=O)[C@]12C. The highest BCUT2D eigenvalue weighted by atomic mass is 16.5. The molecule has 0 radical (unpaired) electrons. The van der Waals surface area contributed by atoms with E-state index in [-0.39, 0.29) is 39.7 Å². The number of Topliss-reactive ketones (excluding diaryl/α,β-unsaturated/α-hetero) is 2. The number of fused-ring (bicyclic) bond motifs is 3. The fraction of sp³-hybridized carbons (Fsp3) is 0.333. The Labute approximate surface area is 138 Å². The molecule has 1 aliphatic carbocycles. The van der Waals surface area contributed by atoms with Crippen molar-refractivity contribution in [2.24, 2.45) is 0 Å². The molecule has 2 aliphatic rings. The van der Waals surface area contributed by atoms with Crippen molar-refractivity contribution >= 4 is 11.6 Å². The first kappa shape index (κ1) is 16.1. The Morgan fingerprint density at radius 1 is 1.25 bits per heavy atom. The van der Waals surface area contributed by atoms with E-state index in [2.05, 4.69) is 0 Å². The summed E-state index contributed by atoms with van der Waals surface area (Å²) in [7, 11) is 0. The fourth-order valence-electron chi connectivity index (χ4n) is 3.43. The summed E-state index contributed by atoms with van der Waals surface area (Å²) >= 11 is 0. The van der Waals surface area contributed by atoms with E-state index in [1.54, 1.807) is 6.92 Å². The van der Waals surface area contributed by atoms with Crippen LogP contribution in [-0.2, 0) is 21.4 Å². The molecule has 0 spiro atoms. The summed E-state index contributed by atoms with van der Waals surface area (Å²) in [6.45, 7) is 6.09. The Hall–Kier alpha value is -2.76. The third-order valence-corrected chi connectivity index (χ3v) is 4.85. The monoisotopic (exact) mass is 330 g/mol. The van der Waals surface area contributed by atoms with Crippen LogP contribution in [0.25, 0.3) is 0 Å². The van der Waals surface area contributed by atoms with Gasteiger partial charge in [0, 0.05) is 17.2 Å². The van der Waals surface area contributed by atoms with Gasteiger partial charge in [-0.3, -0.25) is 9.59 Å². The van der Waals surface area contributed by atoms with Crippen LogP contribution in [0.3, 0.4) is 0 Å². The molecular formula is C18H18O6. The highest BCUT2D eigenvalue weighted by Gasteiger charge is 2.55. The second-order valence-electron chi connectivity index (χ2n) is 6.24. The van der Waals surface area contributed by atoms with E-state index in [4.69, 9.17) is 4.74 Å². The number of aliphatic hydroxyl groups is 1. The molecule has 0 aromatic heterocycles. The number of phenols is 2. The van der Waals surface area contributed by atoms with E-state index in [0.29, 0.717) is 12.0 Å². The summed E-state index contributed by atoms with van der Waals surface area (Å²) in [5, 5.41) is 30.8. The molecule has 3 N–H and O–H groups in total. The van der Waals surface area contributed by atoms with E-state index < -0.39 is 22.7 Å². The van der Waals surface area contributed by atoms with Crippen LogP contribution >= 0.6 is 0 Å². The molecule has 3 rings (SSSR count). The van der Waals surface area contributed by atoms with Crippen LogP contribution in [-0.4, -0.2) is 26.9 Å². The summed E-state index contributed by atoms with van der Waals surface area (Å²) in [6.07, 6.45) is 1.65. The molecule has 0 amide bonds. The first-order valence-electron chi connectivity index (χ1n) is 7.63. The van der Waals surface area contributed by atoms with Gasteiger partial charge >= 0.3 is 0 Å². The minimum Gasteiger partial charge on any atom is -0.507 e. The lowest BCUT2D eigenvalue weighted by atomic mass is 9.71. The molecule has 0 fully saturated rings. The minimum atomic E-state index is -1.42. The van der Waals surface area contributed by atoms with E-state index >= 15 is 0 Å². The molecule has 0 bridgehead atoms. The van der Waals surface area contributed by atoms with Crippen molar-refractivity contribution < 1.29 is 29.6 Å². The van der Waals surface area contributed by atoms with Crippen molar-refractivity contribution in [2.75, 3.05) is 0 Å². The van der Waals surface area contributed by atoms with Gasteiger partial charge in [-0.2, -0.15) is 0 Å². The van der Waals surface area contributed by atoms with Gasteiger partial charge in [0.25, 0.3) is 0 Å². The van der Waals surface area contributed by atoms with Crippen LogP contribution in [0.1, 0.15) is 37.5 Å². The number of hydrogen-bond donors (Lipinski definition) is 3. The fourth-order valence-corrected chi connectivity index (χ4v) is 3.43. The average Bonchev–Trinajstić information content (AvgIpc) is 2.79. The second kappa shape index (κ2) is 4.87. The molecule has 1 heterocycles. The summed E-state index contributed by atoms with van der Waals surface area (Å²) in [4.78, 5) is 24.7. The van der Waals surface area contributed by atoms with Gasteiger partial charge in [0.05, 0.1) is 5.56 Å². The number of allylic oxidation sites excluding steroid dienone is 3. The second-order valence-corrected chi connectivity index (χ2v) is 6.24. The van der Waals surface area contributed by atoms with Crippen molar-refractivity contribution in [2.45, 2.75) is 39.5 Å². The van der Waals surface area contributed by atoms with Gasteiger partial charge in [-0.15, -0.1) is 0 Å². The topological polar surface area (TPSA) is 104 Å². The quantitative estimate of drug-likeness (QED) is 0.720. The van der Waals surface area contributed by atoms with Gasteiger partial charge in [-0.25, -0.2) is 0 Å². The zero-order chi connectivity index (χ0) is 18.0. The largest absolute Gasteiger partial charge is 0.507 e. The lowest BCUT2D eigenvalue weighted by molar-refractivity contribution is -0.123. The van der Waals surface area contributed by atoms with Gasteiger partial charge in [0.1, 0.15) is 39.8 Å². The Kier molecular flexibility index (Phi) is 3.27. The Morgan fingerprint density at radius 2 is 1.88 bits per heavy atom. The average molecular weight is 330 g/mol. The predicted molar refractivity (Wildman–Crippen MR) is 85.3 cm³/mol. The molecule has 1 aromatic rings. The number of rotatable bonds is 2. The smallest absolute Gasteiger partial charge is 0.188 e. The number of ether oxygens (including phenoxy) is 1. The molecule has 126 valence electrons. The molecule has 0 saturated carbocycles. The van der Waals surface area contributed by atoms with Gasteiger partial charge in [-0.05, 0) is 27.2 Å². The first-order chi connectivity index (χ1) is 11.2. The summed E-state index contributed by atoms with van der Waals surface area (Å²) in [6, 6.07) is 0. The van der Waals surface area contributed by atoms with E-state index in [9.17, 15) is 24.9 Å². The zero-order valence-corrected chi connectivity index (χ0v) is 13.9. The Bertz CT molecular complexity index is 874. The Balaban J connectivity index is 2.38. The predicted octanol–water partition coefficient (Wildman–Crippen LogP) is 2.49. The number of aromatic hydroxyl groups is 2. The molecule has 24 heavy (non-hydrogen) atoms. The number of carbonyl (C=O) groups is 2. The molecule has 1 atom stereocenters. The van der Waals surface area contributed by atoms with Gasteiger partial charge in [-0.1, -0.05) is 6.92 Å². The lowest BCUT2D eigenvalue weighted by Gasteiger charge is -2.28. The maximum atomic E-state index is 13.0. The molecule has 0 unspecified atom stereocenters. The van der Waals surface area contributed by atoms with Crippen LogP contribution in [0.5, 0.6) is 17.2 Å². The van der Waals surface area contributed by atoms with E-state index in [1.165, 1.54) is 19.9 Å². The standard InChI is InChI=1S/C18H18O6/c1-5-9-14(21)7(2)15(22)13-16(9)24-11-6-10(20)12(8(3)19)17(23)18(11,13)4/h6,20-22H,5H2,1-4H3/t18-/m1/s1. The van der Waals surface area contributed by atoms with Gasteiger partial charge in [0.2, 0.25) is 0 Å². The zero-order valence-electron chi connectivity index (χ0n) is 13.9. The van der Waals surface area contributed by atoms with Crippen LogP contribution < -0.4 is 4.74 Å². The van der Waals surface area contributed by atoms with Crippen molar-refractivity contribution in [1.29, 1.82) is 0 Å². The van der Waals surface area contributed by atoms with Crippen molar-refractivity contribution in [3.05, 3.63) is 39.9 Å². The molecule has 1 aliphatic heterocycles. The van der Waals surface area contributed by atoms with Crippen molar-refractivity contribution in [3.63, 3.8) is 0 Å². The van der Waals surface area contributed by atoms with Crippen molar-refractivity contribution in [1.82, 2.24) is 0 Å². The number of aliphatic hydroxyl groups excluding tert-OH is 1. The molecular weight excluding hydrogens is 312 g/mol. The lowest BCUT2D eigenvalue weighted by Crippen LogP contribution is -2.38. The van der Waals surface area contributed by atoms with E-state index in [1.807, 2.05) is 6.92 Å². The van der Waals surface area contributed by atoms with Crippen LogP contribution in [0.2, 0.25) is 0 Å². The first-order valence-corrected chi connectivity index (χ1v) is 7.63. The summed E-state index contributed by atoms with van der Waals surface area (Å²) < 4.78 is 5.74. The van der Waals surface area contributed by atoms with Crippen LogP contribution in [0.4, 0.5) is 0 Å². The number of ketones is 2. The molecule has 6 heteroatoms. The maximum absolute atomic E-state index is 13.0. The molecule has 6 nitrogen and oxygen atoms in total. The van der Waals surface area contributed by atoms with Crippen LogP contribution in [0, 0.1) is 6.92 Å². The molecule has 1 aromatic carbocycles. The number of benzene rings is 1. The molecule has 0 saturated heterocycles. The summed E-state index contributed by atoms with van der Waals surface area (Å²) in [5.41, 5.74) is -0.811. The van der Waals surface area contributed by atoms with E-state index in [0.717, 1.165) is 0 Å². The third kappa shape index (κ3) is 1.71. The normalized spacial score (nSPS) is 22.0. The highest BCUT2D eigenvalue weighted by Crippen LogP contribution is 2.57. The van der Waals surface area contributed by atoms with Gasteiger partial charge < -0.3 is 20.1 Å².